The van der Waals surface area contributed by atoms with E-state index in [1.165, 1.54) is 13.8 Å². The Bertz CT molecular complexity index is 161. The third-order valence-electron chi connectivity index (χ3n) is 0.977. The Kier molecular flexibility index (Phi) is 3.25. The molecule has 0 aromatic rings. The Morgan fingerprint density at radius 1 is 1.00 bits per heavy atom. The summed E-state index contributed by atoms with van der Waals surface area (Å²) < 4.78 is 0. The maximum Gasteiger partial charge on any atom is 0.257 e. The van der Waals surface area contributed by atoms with Crippen molar-refractivity contribution >= 4 is 20.2 Å². The van der Waals surface area contributed by atoms with E-state index in [4.69, 9.17) is 0 Å². The summed E-state index contributed by atoms with van der Waals surface area (Å²) in [5, 5.41) is 0. The summed E-state index contributed by atoms with van der Waals surface area (Å²) >= 11 is 0. The van der Waals surface area contributed by atoms with Crippen molar-refractivity contribution in [1.82, 2.24) is 9.96 Å². The van der Waals surface area contributed by atoms with Gasteiger partial charge in [-0.3, -0.25) is 9.59 Å². The summed E-state index contributed by atoms with van der Waals surface area (Å²) in [6.07, 6.45) is 0. The molecule has 0 aromatic carbocycles. The van der Waals surface area contributed by atoms with Crippen molar-refractivity contribution in [2.24, 2.45) is 0 Å². The predicted octanol–water partition coefficient (Wildman–Crippen LogP) is -0.0396. The predicted molar refractivity (Wildman–Crippen MR) is 45.1 cm³/mol. The molecule has 0 radical (unpaired) electrons. The first-order chi connectivity index (χ1) is 4.83. The second-order valence-electron chi connectivity index (χ2n) is 2.99. The monoisotopic (exact) mass is 174 g/mol. The Morgan fingerprint density at radius 3 is 1.45 bits per heavy atom. The fraction of sp³-hybridized carbons (Fsp3) is 0.667. The maximum atomic E-state index is 10.6. The molecule has 0 aliphatic carbocycles. The smallest absolute Gasteiger partial charge is 0.257 e. The molecule has 0 aromatic heterocycles. The molecule has 0 saturated heterocycles. The normalized spacial score (nSPS) is 10.5. The second kappa shape index (κ2) is 3.52. The number of carbonyl (C=O) groups is 2. The highest BCUT2D eigenvalue weighted by Crippen LogP contribution is 1.89. The van der Waals surface area contributed by atoms with Gasteiger partial charge >= 0.3 is 0 Å². The quantitative estimate of drug-likeness (QED) is 0.577. The first-order valence-corrected chi connectivity index (χ1v) is 6.41. The molecular formula is C6H14N2O2Si. The van der Waals surface area contributed by atoms with Crippen LogP contribution in [0.1, 0.15) is 13.8 Å². The molecule has 0 aliphatic heterocycles. The molecule has 0 atom stereocenters. The van der Waals surface area contributed by atoms with Gasteiger partial charge in [-0.1, -0.05) is 0 Å². The average molecular weight is 174 g/mol. The molecule has 0 saturated carbocycles. The standard InChI is InChI=1S/C6H14N2O2Si/c1-5(9)7-11(3,4)8-6(2)10/h1-4H3,(H,7,9)(H,8,10). The van der Waals surface area contributed by atoms with E-state index in [9.17, 15) is 9.59 Å². The van der Waals surface area contributed by atoms with E-state index in [1.807, 2.05) is 13.1 Å². The first-order valence-electron chi connectivity index (χ1n) is 3.41. The van der Waals surface area contributed by atoms with Crippen LogP contribution in [-0.4, -0.2) is 20.2 Å². The number of carbonyl (C=O) groups excluding carboxylic acids is 2. The highest BCUT2D eigenvalue weighted by molar-refractivity contribution is 6.76. The fourth-order valence-electron chi connectivity index (χ4n) is 0.911. The number of hydrogen-bond acceptors (Lipinski definition) is 2. The van der Waals surface area contributed by atoms with Gasteiger partial charge in [0.2, 0.25) is 11.8 Å². The van der Waals surface area contributed by atoms with Crippen LogP contribution < -0.4 is 9.96 Å². The number of amides is 2. The van der Waals surface area contributed by atoms with Crippen molar-refractivity contribution < 1.29 is 9.59 Å². The lowest BCUT2D eigenvalue weighted by atomic mass is 10.8. The summed E-state index contributed by atoms with van der Waals surface area (Å²) in [6, 6.07) is 0. The van der Waals surface area contributed by atoms with Crippen LogP contribution in [0.3, 0.4) is 0 Å². The molecule has 0 fully saturated rings. The third-order valence-corrected chi connectivity index (χ3v) is 2.93. The summed E-state index contributed by atoms with van der Waals surface area (Å²) in [6.45, 7) is 6.60. The van der Waals surface area contributed by atoms with Crippen molar-refractivity contribution in [3.63, 3.8) is 0 Å². The molecular weight excluding hydrogens is 160 g/mol. The number of rotatable bonds is 2. The van der Waals surface area contributed by atoms with Crippen molar-refractivity contribution in [1.29, 1.82) is 0 Å². The van der Waals surface area contributed by atoms with Gasteiger partial charge in [0.1, 0.15) is 0 Å². The minimum absolute atomic E-state index is 0.101. The largest absolute Gasteiger partial charge is 0.365 e. The van der Waals surface area contributed by atoms with Crippen molar-refractivity contribution in [2.75, 3.05) is 0 Å². The molecule has 5 heteroatoms. The van der Waals surface area contributed by atoms with Crippen LogP contribution in [0.4, 0.5) is 0 Å². The van der Waals surface area contributed by atoms with E-state index >= 15 is 0 Å². The Hall–Kier alpha value is -0.843. The Balaban J connectivity index is 3.99. The van der Waals surface area contributed by atoms with Gasteiger partial charge in [0.25, 0.3) is 8.40 Å². The summed E-state index contributed by atoms with van der Waals surface area (Å²) in [5.74, 6) is -0.203. The van der Waals surface area contributed by atoms with Crippen molar-refractivity contribution in [2.45, 2.75) is 26.9 Å². The van der Waals surface area contributed by atoms with E-state index in [-0.39, 0.29) is 11.8 Å². The van der Waals surface area contributed by atoms with Gasteiger partial charge in [-0.25, -0.2) is 0 Å². The van der Waals surface area contributed by atoms with Crippen LogP contribution in [0.5, 0.6) is 0 Å². The molecule has 2 amide bonds. The number of nitrogens with one attached hydrogen (secondary N) is 2. The van der Waals surface area contributed by atoms with Gasteiger partial charge in [-0.05, 0) is 13.1 Å². The van der Waals surface area contributed by atoms with Crippen molar-refractivity contribution in [3.05, 3.63) is 0 Å². The van der Waals surface area contributed by atoms with Gasteiger partial charge in [0.05, 0.1) is 0 Å². The lowest BCUT2D eigenvalue weighted by Crippen LogP contribution is -2.60. The van der Waals surface area contributed by atoms with Gasteiger partial charge < -0.3 is 9.96 Å². The zero-order valence-electron chi connectivity index (χ0n) is 7.32. The Labute approximate surface area is 67.5 Å². The summed E-state index contributed by atoms with van der Waals surface area (Å²) in [4.78, 5) is 26.7. The highest BCUT2D eigenvalue weighted by atomic mass is 28.3. The lowest BCUT2D eigenvalue weighted by Gasteiger charge is -2.22. The lowest BCUT2D eigenvalue weighted by molar-refractivity contribution is -0.117. The first kappa shape index (κ1) is 10.2. The molecule has 0 rings (SSSR count). The minimum Gasteiger partial charge on any atom is -0.365 e. The molecule has 0 spiro atoms. The summed E-state index contributed by atoms with van der Waals surface area (Å²) in [5.41, 5.74) is 0. The van der Waals surface area contributed by atoms with Gasteiger partial charge in [0, 0.05) is 13.8 Å². The average Bonchev–Trinajstić information content (AvgIpc) is 1.53. The van der Waals surface area contributed by atoms with Gasteiger partial charge in [-0.15, -0.1) is 0 Å². The third kappa shape index (κ3) is 5.59. The minimum atomic E-state index is -2.03. The van der Waals surface area contributed by atoms with E-state index in [2.05, 4.69) is 9.96 Å². The molecule has 64 valence electrons. The van der Waals surface area contributed by atoms with Gasteiger partial charge in [0.15, 0.2) is 0 Å². The van der Waals surface area contributed by atoms with E-state index < -0.39 is 8.40 Å². The second-order valence-corrected chi connectivity index (χ2v) is 6.74. The molecule has 11 heavy (non-hydrogen) atoms. The summed E-state index contributed by atoms with van der Waals surface area (Å²) in [7, 11) is -2.03. The molecule has 0 unspecified atom stereocenters. The molecule has 0 aliphatic rings. The number of hydrogen-bond donors (Lipinski definition) is 2. The Morgan fingerprint density at radius 2 is 1.27 bits per heavy atom. The molecule has 4 nitrogen and oxygen atoms in total. The molecule has 0 heterocycles. The SMILES string of the molecule is CC(=O)N[Si](C)(C)NC(C)=O. The topological polar surface area (TPSA) is 58.2 Å². The molecule has 2 N–H and O–H groups in total. The van der Waals surface area contributed by atoms with Crippen LogP contribution in [0.25, 0.3) is 0 Å². The van der Waals surface area contributed by atoms with Crippen LogP contribution in [0.15, 0.2) is 0 Å². The van der Waals surface area contributed by atoms with E-state index in [0.29, 0.717) is 0 Å². The van der Waals surface area contributed by atoms with Crippen LogP contribution >= 0.6 is 0 Å². The zero-order valence-corrected chi connectivity index (χ0v) is 8.32. The molecule has 0 bridgehead atoms. The van der Waals surface area contributed by atoms with E-state index in [0.717, 1.165) is 0 Å². The highest BCUT2D eigenvalue weighted by Gasteiger charge is 2.23. The van der Waals surface area contributed by atoms with Crippen LogP contribution in [0, 0.1) is 0 Å². The fourth-order valence-corrected chi connectivity index (χ4v) is 2.73. The maximum absolute atomic E-state index is 10.6. The van der Waals surface area contributed by atoms with Crippen LogP contribution in [-0.2, 0) is 9.59 Å². The zero-order chi connectivity index (χ0) is 9.07. The van der Waals surface area contributed by atoms with Crippen LogP contribution in [0.2, 0.25) is 13.1 Å². The van der Waals surface area contributed by atoms with Gasteiger partial charge in [-0.2, -0.15) is 0 Å². The van der Waals surface area contributed by atoms with E-state index in [1.54, 1.807) is 0 Å². The van der Waals surface area contributed by atoms with Crippen molar-refractivity contribution in [3.8, 4) is 0 Å².